The van der Waals surface area contributed by atoms with Gasteiger partial charge in [0.15, 0.2) is 24.8 Å². The van der Waals surface area contributed by atoms with Gasteiger partial charge in [0, 0.05) is 81.1 Å². The van der Waals surface area contributed by atoms with E-state index in [1.165, 1.54) is 78.1 Å². The van der Waals surface area contributed by atoms with Gasteiger partial charge in [-0.05, 0) is 190 Å². The molecular weight excluding hydrogens is 825 g/mol. The van der Waals surface area contributed by atoms with Gasteiger partial charge in [-0.25, -0.2) is 18.3 Å². The minimum absolute atomic E-state index is 0.303. The maximum atomic E-state index is 7.58. The predicted octanol–water partition coefficient (Wildman–Crippen LogP) is 13.6. The number of benzene rings is 4. The van der Waals surface area contributed by atoms with E-state index in [1.807, 2.05) is 43.7 Å². The van der Waals surface area contributed by atoms with Crippen LogP contribution in [0.4, 0.5) is 0 Å². The van der Waals surface area contributed by atoms with Gasteiger partial charge in [-0.2, -0.15) is 0 Å². The molecule has 0 amide bonds. The van der Waals surface area contributed by atoms with E-state index in [2.05, 4.69) is 166 Å². The van der Waals surface area contributed by atoms with Gasteiger partial charge in [0.05, 0.1) is 0 Å². The number of hydrogen-bond acceptors (Lipinski definition) is 0. The molecule has 0 N–H and O–H groups in total. The fourth-order valence-corrected chi connectivity index (χ4v) is 8.44. The van der Waals surface area contributed by atoms with Crippen molar-refractivity contribution in [2.24, 2.45) is 28.2 Å². The molecule has 0 spiro atoms. The van der Waals surface area contributed by atoms with Crippen LogP contribution in [0.25, 0.3) is 45.0 Å². The molecule has 8 rings (SSSR count). The molecule has 0 aliphatic carbocycles. The lowest BCUT2D eigenvalue weighted by molar-refractivity contribution is -0.660. The summed E-state index contributed by atoms with van der Waals surface area (Å²) in [5.74, 6) is 0. The molecule has 0 fully saturated rings. The first-order chi connectivity index (χ1) is 35.6. The third-order valence-electron chi connectivity index (χ3n) is 13.4. The van der Waals surface area contributed by atoms with Crippen LogP contribution in [0.3, 0.4) is 0 Å². The summed E-state index contributed by atoms with van der Waals surface area (Å²) in [6.07, 6.45) is 7.74. The highest BCUT2D eigenvalue weighted by atomic mass is 14.9. The van der Waals surface area contributed by atoms with Gasteiger partial charge in [-0.1, -0.05) is 59.7 Å². The average molecular weight is 914 g/mol. The number of aromatic nitrogens is 4. The fraction of sp³-hybridized carbons (Fsp3) is 0.312. The fourth-order valence-electron chi connectivity index (χ4n) is 8.44. The van der Waals surface area contributed by atoms with Crippen molar-refractivity contribution in [1.29, 1.82) is 0 Å². The Kier molecular flexibility index (Phi) is 13.4. The molecule has 0 bridgehead atoms. The van der Waals surface area contributed by atoms with Gasteiger partial charge >= 0.3 is 0 Å². The zero-order valence-electron chi connectivity index (χ0n) is 52.8. The minimum atomic E-state index is -2.15. The van der Waals surface area contributed by atoms with Crippen LogP contribution in [0.5, 0.6) is 0 Å². The number of nitrogens with zero attached hydrogens (tertiary/aromatic N) is 4. The second kappa shape index (κ2) is 22.5. The van der Waals surface area contributed by atoms with E-state index in [0.29, 0.717) is 22.3 Å². The molecule has 4 nitrogen and oxygen atoms in total. The van der Waals surface area contributed by atoms with Crippen LogP contribution in [0.15, 0.2) is 122 Å². The van der Waals surface area contributed by atoms with Gasteiger partial charge in [-0.3, -0.25) is 0 Å². The summed E-state index contributed by atoms with van der Waals surface area (Å²) in [7, 11) is 7.91. The molecule has 68 heavy (non-hydrogen) atoms. The third-order valence-corrected chi connectivity index (χ3v) is 13.4. The Labute approximate surface area is 424 Å². The molecule has 4 heterocycles. The van der Waals surface area contributed by atoms with Crippen LogP contribution >= 0.6 is 0 Å². The first-order valence-corrected chi connectivity index (χ1v) is 23.4. The summed E-state index contributed by atoms with van der Waals surface area (Å²) in [4.78, 5) is 0. The minimum Gasteiger partial charge on any atom is -0.201 e. The monoisotopic (exact) mass is 914 g/mol. The van der Waals surface area contributed by atoms with Crippen LogP contribution < -0.4 is 18.3 Å². The molecule has 0 saturated carbocycles. The summed E-state index contributed by atoms with van der Waals surface area (Å²) in [6, 6.07) is 32.7. The second-order valence-corrected chi connectivity index (χ2v) is 18.8. The zero-order chi connectivity index (χ0) is 57.8. The molecule has 0 radical (unpaired) electrons. The summed E-state index contributed by atoms with van der Waals surface area (Å²) < 4.78 is 76.0. The highest BCUT2D eigenvalue weighted by molar-refractivity contribution is 5.65. The molecule has 0 aliphatic heterocycles. The van der Waals surface area contributed by atoms with E-state index in [4.69, 9.17) is 12.3 Å². The van der Waals surface area contributed by atoms with Crippen LogP contribution in [-0.2, 0) is 28.2 Å². The number of aryl methyl sites for hydroxylation is 18. The number of hydrogen-bond donors (Lipinski definition) is 0. The zero-order valence-corrected chi connectivity index (χ0v) is 43.8. The smallest absolute Gasteiger partial charge is 0.201 e. The van der Waals surface area contributed by atoms with Gasteiger partial charge in [-0.15, -0.1) is 0 Å². The van der Waals surface area contributed by atoms with Crippen molar-refractivity contribution in [3.8, 4) is 45.0 Å². The van der Waals surface area contributed by atoms with Gasteiger partial charge in [0.1, 0.15) is 28.2 Å². The van der Waals surface area contributed by atoms with Crippen molar-refractivity contribution >= 4 is 0 Å². The topological polar surface area (TPSA) is 15.5 Å². The lowest BCUT2D eigenvalue weighted by Gasteiger charge is -2.08. The molecule has 352 valence electrons. The Morgan fingerprint density at radius 3 is 0.956 bits per heavy atom. The maximum Gasteiger partial charge on any atom is 0.212 e. The molecule has 4 heteroatoms. The van der Waals surface area contributed by atoms with Crippen molar-refractivity contribution in [2.75, 3.05) is 0 Å². The second-order valence-electron chi connectivity index (χ2n) is 18.8. The Balaban J connectivity index is 0.000000191. The number of rotatable bonds is 4. The third kappa shape index (κ3) is 12.5. The van der Waals surface area contributed by atoms with Crippen molar-refractivity contribution in [3.05, 3.63) is 211 Å². The van der Waals surface area contributed by atoms with Crippen molar-refractivity contribution in [3.63, 3.8) is 0 Å². The molecule has 0 aliphatic rings. The Morgan fingerprint density at radius 1 is 0.279 bits per heavy atom. The van der Waals surface area contributed by atoms with Crippen molar-refractivity contribution in [2.45, 2.75) is 111 Å². The Bertz CT molecular complexity index is 3460. The molecule has 4 aromatic carbocycles. The highest BCUT2D eigenvalue weighted by Crippen LogP contribution is 2.27. The van der Waals surface area contributed by atoms with E-state index in [-0.39, 0.29) is 0 Å². The normalized spacial score (nSPS) is 13.2. The van der Waals surface area contributed by atoms with Gasteiger partial charge in [0.25, 0.3) is 0 Å². The van der Waals surface area contributed by atoms with Crippen molar-refractivity contribution < 1.29 is 30.6 Å². The first-order valence-electron chi connectivity index (χ1n) is 27.9. The van der Waals surface area contributed by atoms with Crippen LogP contribution in [-0.4, -0.2) is 0 Å². The molecule has 0 saturated heterocycles. The van der Waals surface area contributed by atoms with Gasteiger partial charge < -0.3 is 0 Å². The molecule has 0 atom stereocenters. The lowest BCUT2D eigenvalue weighted by atomic mass is 9.99. The van der Waals surface area contributed by atoms with Crippen LogP contribution in [0.1, 0.15) is 101 Å². The molecular formula is C64H80N4+4. The van der Waals surface area contributed by atoms with E-state index in [0.717, 1.165) is 33.6 Å². The first kappa shape index (κ1) is 40.5. The highest BCUT2D eigenvalue weighted by Gasteiger charge is 2.18. The summed E-state index contributed by atoms with van der Waals surface area (Å²) >= 11 is 0. The average Bonchev–Trinajstić information content (AvgIpc) is 3.32. The SMILES string of the molecule is Cc1cc(-c2cccc(C)c2C)[n+](C)cc1C.Cc1ccc(-c2cc(C)c(C)c[n+]2C)c(C)c1.[2H]C([2H])([2H])c1c[n+](C)c(-c2cccc(C)c2C)cc1C.[2H]C([2H])([2H])c1ccc(-c2cc(C)c(C([2H])([2H])[2H])c[n+]2C)c(C)c1. The van der Waals surface area contributed by atoms with Gasteiger partial charge in [0.2, 0.25) is 22.8 Å². The summed E-state index contributed by atoms with van der Waals surface area (Å²) in [6.45, 7) is 20.6. The Morgan fingerprint density at radius 2 is 0.603 bits per heavy atom. The van der Waals surface area contributed by atoms with E-state index >= 15 is 0 Å². The molecule has 0 unspecified atom stereocenters. The number of pyridine rings is 4. The molecule has 4 aromatic heterocycles. The standard InChI is InChI=1S/4C16H20N/c2*1-11-6-7-15(13(3)8-11)16-9-12(2)14(4)10-17(16)5;2*1-11-7-6-8-15(14(11)4)16-9-12(2)13(3)10-17(16)5/h4*6-10H,1-5H3/q4*+1/i1D3,4D3;;3D3;. The van der Waals surface area contributed by atoms with Crippen LogP contribution in [0.2, 0.25) is 0 Å². The maximum absolute atomic E-state index is 7.58. The van der Waals surface area contributed by atoms with Crippen molar-refractivity contribution in [1.82, 2.24) is 0 Å². The van der Waals surface area contributed by atoms with E-state index in [1.54, 1.807) is 49.1 Å². The van der Waals surface area contributed by atoms with Crippen LogP contribution in [0, 0.1) is 111 Å². The quantitative estimate of drug-likeness (QED) is 0.156. The predicted molar refractivity (Wildman–Crippen MR) is 288 cm³/mol. The van der Waals surface area contributed by atoms with E-state index in [9.17, 15) is 0 Å². The van der Waals surface area contributed by atoms with E-state index < -0.39 is 20.6 Å². The lowest BCUT2D eigenvalue weighted by Crippen LogP contribution is -2.31. The summed E-state index contributed by atoms with van der Waals surface area (Å²) in [5.41, 5.74) is 25.7. The summed E-state index contributed by atoms with van der Waals surface area (Å²) in [5, 5.41) is 0. The largest absolute Gasteiger partial charge is 0.212 e. The Hall–Kier alpha value is -6.52. The molecule has 8 aromatic rings.